The molecule has 3 N–H and O–H groups in total. The first-order valence-corrected chi connectivity index (χ1v) is 5.26. The number of nitrogens with two attached hydrogens (primary N) is 1. The molecule has 0 aliphatic heterocycles. The maximum Gasteiger partial charge on any atom is 0.0765 e. The van der Waals surface area contributed by atoms with Crippen molar-refractivity contribution in [3.8, 4) is 0 Å². The Labute approximate surface area is 91.5 Å². The summed E-state index contributed by atoms with van der Waals surface area (Å²) in [6.07, 6.45) is 0. The fraction of sp³-hybridized carbons (Fsp3) is 0.500. The van der Waals surface area contributed by atoms with Crippen LogP contribution in [0.15, 0.2) is 24.3 Å². The number of benzene rings is 1. The van der Waals surface area contributed by atoms with E-state index < -0.39 is 5.60 Å². The second kappa shape index (κ2) is 4.53. The highest BCUT2D eigenvalue weighted by Crippen LogP contribution is 2.23. The van der Waals surface area contributed by atoms with Crippen molar-refractivity contribution in [1.29, 1.82) is 0 Å². The van der Waals surface area contributed by atoms with Crippen molar-refractivity contribution in [3.05, 3.63) is 24.3 Å². The van der Waals surface area contributed by atoms with Gasteiger partial charge < -0.3 is 15.7 Å². The van der Waals surface area contributed by atoms with Crippen molar-refractivity contribution < 1.29 is 5.11 Å². The summed E-state index contributed by atoms with van der Waals surface area (Å²) in [5.74, 6) is 0. The molecule has 0 aliphatic rings. The molecular formula is C12H20N2O. The highest BCUT2D eigenvalue weighted by Gasteiger charge is 2.18. The second-order valence-corrected chi connectivity index (χ2v) is 4.39. The minimum Gasteiger partial charge on any atom is -0.397 e. The summed E-state index contributed by atoms with van der Waals surface area (Å²) in [6, 6.07) is 7.72. The highest BCUT2D eigenvalue weighted by molar-refractivity contribution is 5.67. The van der Waals surface area contributed by atoms with E-state index in [-0.39, 0.29) is 0 Å². The fourth-order valence-electron chi connectivity index (χ4n) is 1.61. The smallest absolute Gasteiger partial charge is 0.0765 e. The van der Waals surface area contributed by atoms with Crippen molar-refractivity contribution in [3.63, 3.8) is 0 Å². The second-order valence-electron chi connectivity index (χ2n) is 4.39. The predicted molar refractivity (Wildman–Crippen MR) is 65.0 cm³/mol. The van der Waals surface area contributed by atoms with Crippen LogP contribution in [0, 0.1) is 0 Å². The number of nitrogen functional groups attached to an aromatic ring is 1. The molecule has 0 spiro atoms. The summed E-state index contributed by atoms with van der Waals surface area (Å²) in [6.45, 7) is 7.07. The van der Waals surface area contributed by atoms with Crippen LogP contribution >= 0.6 is 0 Å². The van der Waals surface area contributed by atoms with Gasteiger partial charge in [0.1, 0.15) is 0 Å². The molecule has 0 bridgehead atoms. The van der Waals surface area contributed by atoms with Gasteiger partial charge in [0.25, 0.3) is 0 Å². The zero-order valence-electron chi connectivity index (χ0n) is 9.70. The summed E-state index contributed by atoms with van der Waals surface area (Å²) in [5.41, 5.74) is 6.92. The molecule has 1 rings (SSSR count). The van der Waals surface area contributed by atoms with Gasteiger partial charge in [0.2, 0.25) is 0 Å². The van der Waals surface area contributed by atoms with E-state index in [9.17, 15) is 5.11 Å². The van der Waals surface area contributed by atoms with Crippen LogP contribution in [0.1, 0.15) is 20.8 Å². The van der Waals surface area contributed by atoms with E-state index in [4.69, 9.17) is 5.73 Å². The lowest BCUT2D eigenvalue weighted by atomic mass is 10.1. The number of hydrogen-bond acceptors (Lipinski definition) is 3. The lowest BCUT2D eigenvalue weighted by Gasteiger charge is -2.30. The molecular weight excluding hydrogens is 188 g/mol. The van der Waals surface area contributed by atoms with Gasteiger partial charge in [0.05, 0.1) is 17.0 Å². The number of para-hydroxylation sites is 2. The van der Waals surface area contributed by atoms with Crippen LogP contribution < -0.4 is 10.6 Å². The van der Waals surface area contributed by atoms with Crippen molar-refractivity contribution in [2.24, 2.45) is 0 Å². The molecule has 0 aromatic heterocycles. The molecule has 0 saturated carbocycles. The molecule has 3 nitrogen and oxygen atoms in total. The van der Waals surface area contributed by atoms with Gasteiger partial charge in [-0.05, 0) is 32.9 Å². The molecule has 0 fully saturated rings. The monoisotopic (exact) mass is 208 g/mol. The van der Waals surface area contributed by atoms with Crippen molar-refractivity contribution in [2.75, 3.05) is 23.7 Å². The third-order valence-electron chi connectivity index (χ3n) is 2.24. The Morgan fingerprint density at radius 1 is 1.33 bits per heavy atom. The minimum absolute atomic E-state index is 0.581. The molecule has 0 radical (unpaired) electrons. The van der Waals surface area contributed by atoms with E-state index >= 15 is 0 Å². The molecule has 1 aromatic rings. The van der Waals surface area contributed by atoms with Gasteiger partial charge in [0, 0.05) is 13.1 Å². The molecule has 0 saturated heterocycles. The highest BCUT2D eigenvalue weighted by atomic mass is 16.3. The molecule has 0 amide bonds. The van der Waals surface area contributed by atoms with Crippen molar-refractivity contribution >= 4 is 11.4 Å². The third-order valence-corrected chi connectivity index (χ3v) is 2.24. The van der Waals surface area contributed by atoms with Crippen LogP contribution in [0.2, 0.25) is 0 Å². The van der Waals surface area contributed by atoms with Crippen LogP contribution in [0.3, 0.4) is 0 Å². The average Bonchev–Trinajstić information content (AvgIpc) is 2.14. The summed E-state index contributed by atoms with van der Waals surface area (Å²) in [4.78, 5) is 2.08. The van der Waals surface area contributed by atoms with Crippen LogP contribution in [-0.4, -0.2) is 23.8 Å². The number of nitrogens with zero attached hydrogens (tertiary/aromatic N) is 1. The van der Waals surface area contributed by atoms with Crippen molar-refractivity contribution in [1.82, 2.24) is 0 Å². The molecule has 0 atom stereocenters. The Bertz CT molecular complexity index is 318. The molecule has 15 heavy (non-hydrogen) atoms. The quantitative estimate of drug-likeness (QED) is 0.743. The number of rotatable bonds is 4. The fourth-order valence-corrected chi connectivity index (χ4v) is 1.61. The standard InChI is InChI=1S/C12H20N2O/c1-4-14(9-12(2,3)15)11-8-6-5-7-10(11)13/h5-8,15H,4,9,13H2,1-3H3. The van der Waals surface area contributed by atoms with E-state index in [0.29, 0.717) is 6.54 Å². The van der Waals surface area contributed by atoms with Crippen LogP contribution in [-0.2, 0) is 0 Å². The zero-order valence-corrected chi connectivity index (χ0v) is 9.70. The van der Waals surface area contributed by atoms with Gasteiger partial charge in [-0.1, -0.05) is 12.1 Å². The van der Waals surface area contributed by atoms with Crippen LogP contribution in [0.4, 0.5) is 11.4 Å². The Kier molecular flexibility index (Phi) is 3.58. The molecule has 84 valence electrons. The minimum atomic E-state index is -0.710. The van der Waals surface area contributed by atoms with Gasteiger partial charge in [-0.25, -0.2) is 0 Å². The summed E-state index contributed by atoms with van der Waals surface area (Å²) >= 11 is 0. The lowest BCUT2D eigenvalue weighted by molar-refractivity contribution is 0.0876. The van der Waals surface area contributed by atoms with E-state index in [1.807, 2.05) is 24.3 Å². The Morgan fingerprint density at radius 2 is 1.93 bits per heavy atom. The first-order chi connectivity index (χ1) is 6.94. The van der Waals surface area contributed by atoms with Gasteiger partial charge in [-0.2, -0.15) is 0 Å². The number of likely N-dealkylation sites (N-methyl/N-ethyl adjacent to an activating group) is 1. The van der Waals surface area contributed by atoms with Crippen LogP contribution in [0.25, 0.3) is 0 Å². The molecule has 0 heterocycles. The third kappa shape index (κ3) is 3.44. The van der Waals surface area contributed by atoms with Gasteiger partial charge >= 0.3 is 0 Å². The maximum absolute atomic E-state index is 9.79. The first-order valence-electron chi connectivity index (χ1n) is 5.26. The molecule has 1 aromatic carbocycles. The van der Waals surface area contributed by atoms with Crippen LogP contribution in [0.5, 0.6) is 0 Å². The van der Waals surface area contributed by atoms with Gasteiger partial charge in [0.15, 0.2) is 0 Å². The SMILES string of the molecule is CCN(CC(C)(C)O)c1ccccc1N. The number of anilines is 2. The molecule has 0 aliphatic carbocycles. The molecule has 0 unspecified atom stereocenters. The van der Waals surface area contributed by atoms with Gasteiger partial charge in [-0.15, -0.1) is 0 Å². The van der Waals surface area contributed by atoms with E-state index in [2.05, 4.69) is 11.8 Å². The Hall–Kier alpha value is -1.22. The normalized spacial score (nSPS) is 11.5. The average molecular weight is 208 g/mol. The largest absolute Gasteiger partial charge is 0.397 e. The number of aliphatic hydroxyl groups is 1. The molecule has 3 heteroatoms. The first kappa shape index (κ1) is 11.9. The summed E-state index contributed by atoms with van der Waals surface area (Å²) < 4.78 is 0. The zero-order chi connectivity index (χ0) is 11.5. The Morgan fingerprint density at radius 3 is 2.40 bits per heavy atom. The van der Waals surface area contributed by atoms with E-state index in [1.54, 1.807) is 13.8 Å². The number of hydrogen-bond donors (Lipinski definition) is 2. The summed E-state index contributed by atoms with van der Waals surface area (Å²) in [7, 11) is 0. The van der Waals surface area contributed by atoms with E-state index in [0.717, 1.165) is 17.9 Å². The van der Waals surface area contributed by atoms with E-state index in [1.165, 1.54) is 0 Å². The summed E-state index contributed by atoms with van der Waals surface area (Å²) in [5, 5.41) is 9.79. The predicted octanol–water partition coefficient (Wildman–Crippen LogP) is 1.87. The maximum atomic E-state index is 9.79. The van der Waals surface area contributed by atoms with Crippen molar-refractivity contribution in [2.45, 2.75) is 26.4 Å². The Balaban J connectivity index is 2.88. The topological polar surface area (TPSA) is 49.5 Å². The lowest BCUT2D eigenvalue weighted by Crippen LogP contribution is -2.38. The van der Waals surface area contributed by atoms with Gasteiger partial charge in [-0.3, -0.25) is 0 Å².